The van der Waals surface area contributed by atoms with Crippen LogP contribution in [0.15, 0.2) is 64.3 Å². The van der Waals surface area contributed by atoms with Crippen LogP contribution in [0, 0.1) is 0 Å². The predicted molar refractivity (Wildman–Crippen MR) is 108 cm³/mol. The molecule has 0 aliphatic heterocycles. The van der Waals surface area contributed by atoms with Crippen molar-refractivity contribution in [1.29, 1.82) is 0 Å². The zero-order chi connectivity index (χ0) is 19.1. The number of pyridine rings is 1. The molecule has 0 aliphatic rings. The second-order valence-corrected chi connectivity index (χ2v) is 6.17. The molecule has 0 aliphatic carbocycles. The number of hydrogen-bond acceptors (Lipinski definition) is 5. The standard InChI is InChI=1S/C20H24N6O/c1-21-20(23-12-16-10-7-11-22-18(16)26(2)3)24-13-17-14-27-19(25-17)15-8-5-4-6-9-15/h4-11,14H,12-13H2,1-3H3,(H2,21,23,24). The van der Waals surface area contributed by atoms with Gasteiger partial charge in [0.15, 0.2) is 5.96 Å². The summed E-state index contributed by atoms with van der Waals surface area (Å²) in [6.07, 6.45) is 3.45. The summed E-state index contributed by atoms with van der Waals surface area (Å²) < 4.78 is 5.56. The second-order valence-electron chi connectivity index (χ2n) is 6.17. The molecule has 0 bridgehead atoms. The molecule has 0 saturated carbocycles. The molecule has 7 heteroatoms. The highest BCUT2D eigenvalue weighted by molar-refractivity contribution is 5.79. The lowest BCUT2D eigenvalue weighted by atomic mass is 10.2. The van der Waals surface area contributed by atoms with Gasteiger partial charge in [0.05, 0.1) is 12.2 Å². The smallest absolute Gasteiger partial charge is 0.226 e. The molecule has 0 amide bonds. The van der Waals surface area contributed by atoms with E-state index in [1.165, 1.54) is 0 Å². The van der Waals surface area contributed by atoms with Crippen LogP contribution in [-0.2, 0) is 13.1 Å². The third-order valence-corrected chi connectivity index (χ3v) is 3.97. The van der Waals surface area contributed by atoms with E-state index in [4.69, 9.17) is 4.42 Å². The molecule has 0 atom stereocenters. The largest absolute Gasteiger partial charge is 0.444 e. The Kier molecular flexibility index (Phi) is 6.04. The first-order valence-corrected chi connectivity index (χ1v) is 8.73. The summed E-state index contributed by atoms with van der Waals surface area (Å²) >= 11 is 0. The van der Waals surface area contributed by atoms with Crippen molar-refractivity contribution in [2.45, 2.75) is 13.1 Å². The first-order chi connectivity index (χ1) is 13.2. The maximum atomic E-state index is 5.56. The number of rotatable bonds is 6. The molecule has 3 aromatic rings. The summed E-state index contributed by atoms with van der Waals surface area (Å²) in [5.41, 5.74) is 2.87. The summed E-state index contributed by atoms with van der Waals surface area (Å²) in [4.78, 5) is 15.2. The molecule has 2 aromatic heterocycles. The molecule has 2 N–H and O–H groups in total. The molecule has 0 spiro atoms. The van der Waals surface area contributed by atoms with Gasteiger partial charge in [0.25, 0.3) is 0 Å². The van der Waals surface area contributed by atoms with Crippen molar-refractivity contribution < 1.29 is 4.42 Å². The molecule has 27 heavy (non-hydrogen) atoms. The number of aromatic nitrogens is 2. The Morgan fingerprint density at radius 1 is 1.07 bits per heavy atom. The predicted octanol–water partition coefficient (Wildman–Crippen LogP) is 2.67. The maximum Gasteiger partial charge on any atom is 0.226 e. The minimum atomic E-state index is 0.517. The first kappa shape index (κ1) is 18.4. The highest BCUT2D eigenvalue weighted by Crippen LogP contribution is 2.17. The molecule has 1 aromatic carbocycles. The Hall–Kier alpha value is -3.35. The summed E-state index contributed by atoms with van der Waals surface area (Å²) in [6.45, 7) is 1.14. The summed E-state index contributed by atoms with van der Waals surface area (Å²) in [5.74, 6) is 2.23. The number of guanidine groups is 1. The summed E-state index contributed by atoms with van der Waals surface area (Å²) in [7, 11) is 5.70. The Balaban J connectivity index is 1.57. The number of benzene rings is 1. The zero-order valence-corrected chi connectivity index (χ0v) is 15.8. The number of nitrogens with zero attached hydrogens (tertiary/aromatic N) is 4. The quantitative estimate of drug-likeness (QED) is 0.517. The highest BCUT2D eigenvalue weighted by Gasteiger charge is 2.08. The second kappa shape index (κ2) is 8.84. The van der Waals surface area contributed by atoms with Gasteiger partial charge in [0.1, 0.15) is 12.1 Å². The lowest BCUT2D eigenvalue weighted by molar-refractivity contribution is 0.572. The molecule has 0 radical (unpaired) electrons. The monoisotopic (exact) mass is 364 g/mol. The van der Waals surface area contributed by atoms with E-state index in [0.717, 1.165) is 22.6 Å². The lowest BCUT2D eigenvalue weighted by Crippen LogP contribution is -2.36. The van der Waals surface area contributed by atoms with Crippen LogP contribution in [0.2, 0.25) is 0 Å². The van der Waals surface area contributed by atoms with Gasteiger partial charge in [-0.2, -0.15) is 0 Å². The molecule has 140 valence electrons. The van der Waals surface area contributed by atoms with E-state index in [2.05, 4.69) is 25.6 Å². The van der Waals surface area contributed by atoms with Crippen LogP contribution in [0.1, 0.15) is 11.3 Å². The van der Waals surface area contributed by atoms with E-state index in [-0.39, 0.29) is 0 Å². The van der Waals surface area contributed by atoms with Gasteiger partial charge in [-0.15, -0.1) is 0 Å². The van der Waals surface area contributed by atoms with Crippen LogP contribution in [0.5, 0.6) is 0 Å². The fourth-order valence-electron chi connectivity index (χ4n) is 2.65. The van der Waals surface area contributed by atoms with Crippen LogP contribution < -0.4 is 15.5 Å². The Bertz CT molecular complexity index is 888. The minimum absolute atomic E-state index is 0.517. The van der Waals surface area contributed by atoms with Gasteiger partial charge in [0.2, 0.25) is 5.89 Å². The Morgan fingerprint density at radius 3 is 2.59 bits per heavy atom. The molecule has 0 unspecified atom stereocenters. The van der Waals surface area contributed by atoms with Gasteiger partial charge < -0.3 is 20.0 Å². The third kappa shape index (κ3) is 4.84. The zero-order valence-electron chi connectivity index (χ0n) is 15.8. The van der Waals surface area contributed by atoms with Crippen molar-refractivity contribution in [2.24, 2.45) is 4.99 Å². The van der Waals surface area contributed by atoms with Crippen LogP contribution in [0.3, 0.4) is 0 Å². The normalized spacial score (nSPS) is 11.3. The van der Waals surface area contributed by atoms with Crippen LogP contribution in [0.25, 0.3) is 11.5 Å². The topological polar surface area (TPSA) is 78.6 Å². The Morgan fingerprint density at radius 2 is 1.85 bits per heavy atom. The lowest BCUT2D eigenvalue weighted by Gasteiger charge is -2.17. The number of nitrogens with one attached hydrogen (secondary N) is 2. The number of aliphatic imine (C=N–C) groups is 1. The van der Waals surface area contributed by atoms with Gasteiger partial charge in [-0.1, -0.05) is 24.3 Å². The average molecular weight is 364 g/mol. The van der Waals surface area contributed by atoms with E-state index in [1.807, 2.05) is 61.5 Å². The van der Waals surface area contributed by atoms with Crippen molar-refractivity contribution in [3.05, 3.63) is 66.2 Å². The van der Waals surface area contributed by atoms with Gasteiger partial charge in [-0.3, -0.25) is 4.99 Å². The SMILES string of the molecule is CN=C(NCc1coc(-c2ccccc2)n1)NCc1cccnc1N(C)C. The van der Waals surface area contributed by atoms with Crippen molar-refractivity contribution in [1.82, 2.24) is 20.6 Å². The molecule has 0 saturated heterocycles. The molecule has 3 rings (SSSR count). The van der Waals surface area contributed by atoms with E-state index in [9.17, 15) is 0 Å². The Labute approximate surface area is 159 Å². The van der Waals surface area contributed by atoms with E-state index < -0.39 is 0 Å². The summed E-state index contributed by atoms with van der Waals surface area (Å²) in [5, 5.41) is 6.56. The maximum absolute atomic E-state index is 5.56. The minimum Gasteiger partial charge on any atom is -0.444 e. The van der Waals surface area contributed by atoms with Gasteiger partial charge in [-0.25, -0.2) is 9.97 Å². The number of oxazole rings is 1. The van der Waals surface area contributed by atoms with Crippen molar-refractivity contribution in [3.8, 4) is 11.5 Å². The summed E-state index contributed by atoms with van der Waals surface area (Å²) in [6, 6.07) is 13.8. The molecular formula is C20H24N6O. The van der Waals surface area contributed by atoms with Crippen molar-refractivity contribution in [2.75, 3.05) is 26.0 Å². The van der Waals surface area contributed by atoms with E-state index in [0.29, 0.717) is 24.9 Å². The van der Waals surface area contributed by atoms with Gasteiger partial charge >= 0.3 is 0 Å². The average Bonchev–Trinajstić information content (AvgIpc) is 3.18. The fourth-order valence-corrected chi connectivity index (χ4v) is 2.65. The fraction of sp³-hybridized carbons (Fsp3) is 0.250. The molecule has 0 fully saturated rings. The number of hydrogen-bond donors (Lipinski definition) is 2. The third-order valence-electron chi connectivity index (χ3n) is 3.97. The molecule has 2 heterocycles. The van der Waals surface area contributed by atoms with E-state index in [1.54, 1.807) is 19.5 Å². The molecular weight excluding hydrogens is 340 g/mol. The highest BCUT2D eigenvalue weighted by atomic mass is 16.3. The first-order valence-electron chi connectivity index (χ1n) is 8.73. The van der Waals surface area contributed by atoms with Crippen LogP contribution in [-0.4, -0.2) is 37.1 Å². The number of anilines is 1. The van der Waals surface area contributed by atoms with Crippen LogP contribution >= 0.6 is 0 Å². The van der Waals surface area contributed by atoms with Crippen molar-refractivity contribution >= 4 is 11.8 Å². The van der Waals surface area contributed by atoms with Crippen LogP contribution in [0.4, 0.5) is 5.82 Å². The van der Waals surface area contributed by atoms with Crippen molar-refractivity contribution in [3.63, 3.8) is 0 Å². The molecule has 7 nitrogen and oxygen atoms in total. The van der Waals surface area contributed by atoms with Gasteiger partial charge in [0, 0.05) is 45.0 Å². The van der Waals surface area contributed by atoms with E-state index >= 15 is 0 Å². The van der Waals surface area contributed by atoms with Gasteiger partial charge in [-0.05, 0) is 18.2 Å².